The Labute approximate surface area is 309 Å². The van der Waals surface area contributed by atoms with E-state index in [-0.39, 0.29) is 10.8 Å². The van der Waals surface area contributed by atoms with Gasteiger partial charge in [0.05, 0.1) is 0 Å². The molecule has 5 rings (SSSR count). The number of phenolic OH excluding ortho intramolecular Hbond substituents is 1. The Morgan fingerprint density at radius 1 is 0.667 bits per heavy atom. The van der Waals surface area contributed by atoms with Crippen molar-refractivity contribution in [3.05, 3.63) is 82.2 Å². The summed E-state index contributed by atoms with van der Waals surface area (Å²) in [6.45, 7) is 17.4. The van der Waals surface area contributed by atoms with Crippen LogP contribution in [-0.2, 0) is 30.1 Å². The number of aryl methyl sites for hydroxylation is 2. The van der Waals surface area contributed by atoms with Crippen molar-refractivity contribution >= 4 is 11.6 Å². The van der Waals surface area contributed by atoms with Gasteiger partial charge in [-0.3, -0.25) is 0 Å². The number of unbranched alkanes of at least 4 members (excludes halogenated alkanes) is 10. The molecule has 0 aliphatic heterocycles. The smallest absolute Gasteiger partial charge is 0.230 e. The van der Waals surface area contributed by atoms with Crippen LogP contribution in [0.15, 0.2) is 48.8 Å². The fourth-order valence-electron chi connectivity index (χ4n) is 7.81. The van der Waals surface area contributed by atoms with Gasteiger partial charge < -0.3 is 10.4 Å². The van der Waals surface area contributed by atoms with Crippen molar-refractivity contribution in [1.29, 1.82) is 0 Å². The van der Waals surface area contributed by atoms with Gasteiger partial charge >= 0.3 is 0 Å². The third-order valence-electron chi connectivity index (χ3n) is 10.6. The Hall–Kier alpha value is -3.73. The van der Waals surface area contributed by atoms with Crippen molar-refractivity contribution < 1.29 is 5.11 Å². The second-order valence-electron chi connectivity index (χ2n) is 17.0. The maximum atomic E-state index is 11.3. The number of aromatic nitrogens is 3. The number of hydrogen-bond donors (Lipinski definition) is 2. The van der Waals surface area contributed by atoms with E-state index < -0.39 is 0 Å². The normalized spacial score (nSPS) is 12.6. The molecule has 0 atom stereocenters. The highest BCUT2D eigenvalue weighted by Crippen LogP contribution is 2.46. The maximum absolute atomic E-state index is 11.3. The first-order valence-electron chi connectivity index (χ1n) is 20.0. The minimum Gasteiger partial charge on any atom is -0.507 e. The lowest BCUT2D eigenvalue weighted by Gasteiger charge is -2.28. The van der Waals surface area contributed by atoms with E-state index in [9.17, 15) is 5.11 Å². The quantitative estimate of drug-likeness (QED) is 0.0751. The van der Waals surface area contributed by atoms with Gasteiger partial charge in [0.15, 0.2) is 5.82 Å². The molecule has 3 aromatic carbocycles. The number of anilines is 2. The Kier molecular flexibility index (Phi) is 13.0. The standard InChI is InChI=1S/C46H64N4O/c1-9-11-13-15-17-19-24-33-27-34(25-20-18-16-14-12-10-2)41(37-28-32-23-21-22-26-36(32)40(33)37)43-47-31-48-44(50-43)49-35-29-38(45(3,4)5)42(51)39(30-35)46(6,7)8/h21-23,26-27,29-31,51H,9-20,24-25,28H2,1-8H3,(H,47,48,49,50). The topological polar surface area (TPSA) is 70.9 Å². The van der Waals surface area contributed by atoms with E-state index in [1.54, 1.807) is 6.33 Å². The van der Waals surface area contributed by atoms with Crippen molar-refractivity contribution in [3.8, 4) is 28.3 Å². The number of benzene rings is 3. The lowest BCUT2D eigenvalue weighted by atomic mass is 9.79. The third kappa shape index (κ3) is 9.58. The molecule has 274 valence electrons. The van der Waals surface area contributed by atoms with Gasteiger partial charge in [0.1, 0.15) is 12.1 Å². The molecular formula is C46H64N4O. The average molecular weight is 689 g/mol. The van der Waals surface area contributed by atoms with E-state index in [1.165, 1.54) is 116 Å². The van der Waals surface area contributed by atoms with Crippen molar-refractivity contribution in [2.24, 2.45) is 0 Å². The fourth-order valence-corrected chi connectivity index (χ4v) is 7.81. The highest BCUT2D eigenvalue weighted by molar-refractivity contribution is 5.87. The van der Waals surface area contributed by atoms with Crippen LogP contribution in [0, 0.1) is 0 Å². The first-order valence-corrected chi connectivity index (χ1v) is 20.0. The molecule has 0 radical (unpaired) electrons. The third-order valence-corrected chi connectivity index (χ3v) is 10.6. The maximum Gasteiger partial charge on any atom is 0.230 e. The molecule has 0 saturated heterocycles. The molecule has 1 heterocycles. The first-order chi connectivity index (χ1) is 24.4. The highest BCUT2D eigenvalue weighted by atomic mass is 16.3. The predicted octanol–water partition coefficient (Wildman–Crippen LogP) is 13.0. The van der Waals surface area contributed by atoms with Crippen LogP contribution in [0.3, 0.4) is 0 Å². The van der Waals surface area contributed by atoms with Crippen LogP contribution in [0.2, 0.25) is 0 Å². The van der Waals surface area contributed by atoms with Crippen LogP contribution >= 0.6 is 0 Å². The van der Waals surface area contributed by atoms with Crippen molar-refractivity contribution in [2.75, 3.05) is 5.32 Å². The van der Waals surface area contributed by atoms with Gasteiger partial charge in [0, 0.05) is 22.4 Å². The number of nitrogens with one attached hydrogen (secondary N) is 1. The molecule has 5 heteroatoms. The van der Waals surface area contributed by atoms with E-state index in [2.05, 4.69) is 96.0 Å². The van der Waals surface area contributed by atoms with Gasteiger partial charge in [0.25, 0.3) is 0 Å². The molecule has 0 spiro atoms. The van der Waals surface area contributed by atoms with Crippen LogP contribution in [-0.4, -0.2) is 20.1 Å². The zero-order valence-corrected chi connectivity index (χ0v) is 33.0. The second-order valence-corrected chi connectivity index (χ2v) is 17.0. The Bertz CT molecular complexity index is 1730. The zero-order valence-electron chi connectivity index (χ0n) is 33.0. The molecule has 0 unspecified atom stereocenters. The van der Waals surface area contributed by atoms with Crippen LogP contribution in [0.1, 0.15) is 166 Å². The molecule has 2 N–H and O–H groups in total. The fraction of sp³-hybridized carbons (Fsp3) is 0.543. The Morgan fingerprint density at radius 3 is 1.80 bits per heavy atom. The molecule has 5 nitrogen and oxygen atoms in total. The summed E-state index contributed by atoms with van der Waals surface area (Å²) in [4.78, 5) is 14.7. The first kappa shape index (κ1) is 38.5. The summed E-state index contributed by atoms with van der Waals surface area (Å²) in [5, 5.41) is 14.9. The highest BCUT2D eigenvalue weighted by Gasteiger charge is 2.29. The number of aromatic hydroxyl groups is 1. The van der Waals surface area contributed by atoms with E-state index >= 15 is 0 Å². The summed E-state index contributed by atoms with van der Waals surface area (Å²) in [5.41, 5.74) is 11.9. The molecule has 0 amide bonds. The second kappa shape index (κ2) is 17.2. The van der Waals surface area contributed by atoms with Gasteiger partial charge in [-0.15, -0.1) is 0 Å². The lowest BCUT2D eigenvalue weighted by Crippen LogP contribution is -2.17. The van der Waals surface area contributed by atoms with Gasteiger partial charge in [-0.1, -0.05) is 150 Å². The zero-order chi connectivity index (χ0) is 36.6. The van der Waals surface area contributed by atoms with Crippen molar-refractivity contribution in [3.63, 3.8) is 0 Å². The van der Waals surface area contributed by atoms with Gasteiger partial charge in [0.2, 0.25) is 5.95 Å². The summed E-state index contributed by atoms with van der Waals surface area (Å²) in [5.74, 6) is 1.64. The summed E-state index contributed by atoms with van der Waals surface area (Å²) < 4.78 is 0. The molecule has 0 bridgehead atoms. The van der Waals surface area contributed by atoms with E-state index in [0.717, 1.165) is 41.9 Å². The van der Waals surface area contributed by atoms with E-state index in [0.29, 0.717) is 11.7 Å². The summed E-state index contributed by atoms with van der Waals surface area (Å²) in [6, 6.07) is 15.6. The summed E-state index contributed by atoms with van der Waals surface area (Å²) >= 11 is 0. The lowest BCUT2D eigenvalue weighted by molar-refractivity contribution is 0.423. The minimum absolute atomic E-state index is 0.232. The average Bonchev–Trinajstić information content (AvgIpc) is 3.47. The predicted molar refractivity (Wildman–Crippen MR) is 216 cm³/mol. The Balaban J connectivity index is 1.55. The van der Waals surface area contributed by atoms with Gasteiger partial charge in [-0.05, 0) is 88.4 Å². The minimum atomic E-state index is -0.232. The molecule has 1 aromatic heterocycles. The number of fused-ring (bicyclic) bond motifs is 3. The van der Waals surface area contributed by atoms with Gasteiger partial charge in [-0.25, -0.2) is 9.97 Å². The molecule has 0 saturated carbocycles. The van der Waals surface area contributed by atoms with Crippen LogP contribution in [0.25, 0.3) is 22.5 Å². The monoisotopic (exact) mass is 689 g/mol. The van der Waals surface area contributed by atoms with Crippen LogP contribution in [0.5, 0.6) is 5.75 Å². The number of hydrogen-bond acceptors (Lipinski definition) is 5. The number of phenols is 1. The molecule has 1 aliphatic carbocycles. The van der Waals surface area contributed by atoms with Crippen LogP contribution in [0.4, 0.5) is 11.6 Å². The molecular weight excluding hydrogens is 625 g/mol. The summed E-state index contributed by atoms with van der Waals surface area (Å²) in [7, 11) is 0. The van der Waals surface area contributed by atoms with E-state index in [4.69, 9.17) is 9.97 Å². The number of rotatable bonds is 17. The molecule has 0 fully saturated rings. The van der Waals surface area contributed by atoms with Crippen LogP contribution < -0.4 is 5.32 Å². The van der Waals surface area contributed by atoms with Crippen molar-refractivity contribution in [1.82, 2.24) is 15.0 Å². The van der Waals surface area contributed by atoms with E-state index in [1.807, 2.05) is 12.1 Å². The molecule has 1 aliphatic rings. The van der Waals surface area contributed by atoms with Crippen molar-refractivity contribution in [2.45, 2.75) is 163 Å². The Morgan fingerprint density at radius 2 is 1.22 bits per heavy atom. The number of nitrogens with zero attached hydrogens (tertiary/aromatic N) is 3. The SMILES string of the molecule is CCCCCCCCc1cc(CCCCCCCC)c2c(c1-c1ncnc(Nc3cc(C(C)(C)C)c(O)c(C(C)(C)C)c3)n1)Cc1ccccc1-2. The molecule has 4 aromatic rings. The molecule has 51 heavy (non-hydrogen) atoms. The van der Waals surface area contributed by atoms with Gasteiger partial charge in [-0.2, -0.15) is 4.98 Å². The summed E-state index contributed by atoms with van der Waals surface area (Å²) in [6.07, 6.45) is 20.2. The largest absolute Gasteiger partial charge is 0.507 e.